The lowest BCUT2D eigenvalue weighted by atomic mass is 10.1. The molecule has 0 N–H and O–H groups in total. The van der Waals surface area contributed by atoms with E-state index in [-0.39, 0.29) is 5.78 Å². The molecule has 0 fully saturated rings. The molecule has 0 aliphatic rings. The van der Waals surface area contributed by atoms with E-state index >= 15 is 0 Å². The third kappa shape index (κ3) is 2.94. The van der Waals surface area contributed by atoms with Gasteiger partial charge in [0.1, 0.15) is 5.69 Å². The van der Waals surface area contributed by atoms with Crippen molar-refractivity contribution in [3.05, 3.63) is 60.9 Å². The molecular formula is C15H16N2O. The summed E-state index contributed by atoms with van der Waals surface area (Å²) in [6.45, 7) is 3.64. The minimum Gasteiger partial charge on any atom is -0.292 e. The number of para-hydroxylation sites is 1. The van der Waals surface area contributed by atoms with Crippen LogP contribution in [0.5, 0.6) is 0 Å². The Kier molecular flexibility index (Phi) is 4.07. The molecule has 1 aromatic heterocycles. The van der Waals surface area contributed by atoms with Crippen molar-refractivity contribution in [3.63, 3.8) is 0 Å². The largest absolute Gasteiger partial charge is 0.292 e. The second-order valence-electron chi connectivity index (χ2n) is 4.09. The Bertz CT molecular complexity index is 528. The van der Waals surface area contributed by atoms with E-state index in [1.807, 2.05) is 42.6 Å². The minimum atomic E-state index is 0.0894. The molecule has 18 heavy (non-hydrogen) atoms. The molecule has 0 saturated carbocycles. The van der Waals surface area contributed by atoms with Crippen molar-refractivity contribution in [2.75, 3.05) is 0 Å². The number of benzene rings is 1. The number of carbonyl (C=O) groups is 1. The lowest BCUT2D eigenvalue weighted by Gasteiger charge is -1.99. The molecule has 0 bridgehead atoms. The van der Waals surface area contributed by atoms with Crippen molar-refractivity contribution in [2.24, 2.45) is 0 Å². The van der Waals surface area contributed by atoms with Gasteiger partial charge in [-0.3, -0.25) is 4.79 Å². The van der Waals surface area contributed by atoms with Crippen LogP contribution in [0.1, 0.15) is 29.8 Å². The third-order valence-electron chi connectivity index (χ3n) is 2.71. The highest BCUT2D eigenvalue weighted by molar-refractivity contribution is 5.94. The van der Waals surface area contributed by atoms with Crippen LogP contribution in [0.4, 0.5) is 0 Å². The molecule has 3 nitrogen and oxygen atoms in total. The molecule has 0 radical (unpaired) electrons. The lowest BCUT2D eigenvalue weighted by Crippen LogP contribution is -2.02. The Morgan fingerprint density at radius 2 is 2.06 bits per heavy atom. The Hall–Kier alpha value is -2.16. The fourth-order valence-corrected chi connectivity index (χ4v) is 1.73. The predicted molar refractivity (Wildman–Crippen MR) is 71.9 cm³/mol. The summed E-state index contributed by atoms with van der Waals surface area (Å²) in [6.07, 6.45) is 5.87. The smallest absolute Gasteiger partial charge is 0.183 e. The molecule has 3 heteroatoms. The molecule has 0 aliphatic heterocycles. The van der Waals surface area contributed by atoms with Gasteiger partial charge in [0.2, 0.25) is 0 Å². The van der Waals surface area contributed by atoms with Gasteiger partial charge >= 0.3 is 0 Å². The summed E-state index contributed by atoms with van der Waals surface area (Å²) < 4.78 is 1.72. The lowest BCUT2D eigenvalue weighted by molar-refractivity contribution is 0.0975. The first-order valence-electron chi connectivity index (χ1n) is 6.06. The maximum atomic E-state index is 11.9. The highest BCUT2D eigenvalue weighted by Crippen LogP contribution is 2.09. The highest BCUT2D eigenvalue weighted by Gasteiger charge is 2.09. The molecule has 0 saturated heterocycles. The van der Waals surface area contributed by atoms with Crippen LogP contribution in [0.25, 0.3) is 5.69 Å². The fourth-order valence-electron chi connectivity index (χ4n) is 1.73. The molecule has 2 rings (SSSR count). The number of hydrogen-bond donors (Lipinski definition) is 0. The maximum Gasteiger partial charge on any atom is 0.183 e. The molecule has 0 spiro atoms. The summed E-state index contributed by atoms with van der Waals surface area (Å²) in [5.41, 5.74) is 1.49. The summed E-state index contributed by atoms with van der Waals surface area (Å²) in [6, 6.07) is 11.5. The van der Waals surface area contributed by atoms with Gasteiger partial charge in [0.15, 0.2) is 5.78 Å². The van der Waals surface area contributed by atoms with Crippen LogP contribution < -0.4 is 0 Å². The van der Waals surface area contributed by atoms with Crippen molar-refractivity contribution in [2.45, 2.75) is 19.3 Å². The molecule has 0 amide bonds. The Morgan fingerprint density at radius 1 is 1.28 bits per heavy atom. The number of aromatic nitrogens is 2. The van der Waals surface area contributed by atoms with E-state index < -0.39 is 0 Å². The van der Waals surface area contributed by atoms with E-state index in [1.54, 1.807) is 10.7 Å². The van der Waals surface area contributed by atoms with Gasteiger partial charge in [-0.05, 0) is 31.0 Å². The summed E-state index contributed by atoms with van der Waals surface area (Å²) in [7, 11) is 0. The van der Waals surface area contributed by atoms with Gasteiger partial charge in [-0.15, -0.1) is 6.58 Å². The Morgan fingerprint density at radius 3 is 2.78 bits per heavy atom. The average molecular weight is 240 g/mol. The van der Waals surface area contributed by atoms with Crippen LogP contribution in [-0.2, 0) is 0 Å². The first kappa shape index (κ1) is 12.3. The maximum absolute atomic E-state index is 11.9. The van der Waals surface area contributed by atoms with Crippen LogP contribution in [0.2, 0.25) is 0 Å². The van der Waals surface area contributed by atoms with Crippen molar-refractivity contribution >= 4 is 5.78 Å². The predicted octanol–water partition coefficient (Wildman–Crippen LogP) is 3.41. The molecule has 0 atom stereocenters. The highest BCUT2D eigenvalue weighted by atomic mass is 16.1. The van der Waals surface area contributed by atoms with E-state index in [2.05, 4.69) is 11.7 Å². The number of Topliss-reactive ketones (excluding diaryl/α,β-unsaturated/α-hetero) is 1. The molecule has 2 aromatic rings. The average Bonchev–Trinajstić information content (AvgIpc) is 2.89. The van der Waals surface area contributed by atoms with E-state index in [0.29, 0.717) is 12.1 Å². The van der Waals surface area contributed by atoms with E-state index in [4.69, 9.17) is 0 Å². The fraction of sp³-hybridized carbons (Fsp3) is 0.200. The van der Waals surface area contributed by atoms with Crippen LogP contribution >= 0.6 is 0 Å². The zero-order chi connectivity index (χ0) is 12.8. The second kappa shape index (κ2) is 5.96. The van der Waals surface area contributed by atoms with Gasteiger partial charge in [0.25, 0.3) is 0 Å². The first-order chi connectivity index (χ1) is 8.81. The standard InChI is InChI=1S/C15H16N2O/c1-2-3-5-10-15(18)14-11-12-17(16-14)13-8-6-4-7-9-13/h2,4,6-9,11-12H,1,3,5,10H2. The Labute approximate surface area is 107 Å². The number of carbonyl (C=O) groups excluding carboxylic acids is 1. The van der Waals surface area contributed by atoms with Gasteiger partial charge in [-0.1, -0.05) is 24.3 Å². The third-order valence-corrected chi connectivity index (χ3v) is 2.71. The second-order valence-corrected chi connectivity index (χ2v) is 4.09. The Balaban J connectivity index is 2.06. The molecule has 1 aromatic carbocycles. The number of rotatable bonds is 6. The molecule has 1 heterocycles. The quantitative estimate of drug-likeness (QED) is 0.440. The summed E-state index contributed by atoms with van der Waals surface area (Å²) in [4.78, 5) is 11.9. The number of allylic oxidation sites excluding steroid dienone is 1. The van der Waals surface area contributed by atoms with E-state index in [0.717, 1.165) is 18.5 Å². The monoisotopic (exact) mass is 240 g/mol. The summed E-state index contributed by atoms with van der Waals surface area (Å²) >= 11 is 0. The van der Waals surface area contributed by atoms with Crippen molar-refractivity contribution in [1.29, 1.82) is 0 Å². The van der Waals surface area contributed by atoms with E-state index in [1.165, 1.54) is 0 Å². The van der Waals surface area contributed by atoms with Crippen LogP contribution in [0, 0.1) is 0 Å². The van der Waals surface area contributed by atoms with Crippen molar-refractivity contribution in [3.8, 4) is 5.69 Å². The molecular weight excluding hydrogens is 224 g/mol. The normalized spacial score (nSPS) is 10.2. The van der Waals surface area contributed by atoms with Crippen LogP contribution in [-0.4, -0.2) is 15.6 Å². The summed E-state index contributed by atoms with van der Waals surface area (Å²) in [5.74, 6) is 0.0894. The minimum absolute atomic E-state index is 0.0894. The summed E-state index contributed by atoms with van der Waals surface area (Å²) in [5, 5.41) is 4.30. The number of hydrogen-bond acceptors (Lipinski definition) is 2. The van der Waals surface area contributed by atoms with E-state index in [9.17, 15) is 4.79 Å². The van der Waals surface area contributed by atoms with Gasteiger partial charge < -0.3 is 0 Å². The zero-order valence-electron chi connectivity index (χ0n) is 10.2. The molecule has 92 valence electrons. The van der Waals surface area contributed by atoms with Crippen molar-refractivity contribution < 1.29 is 4.79 Å². The molecule has 0 unspecified atom stereocenters. The van der Waals surface area contributed by atoms with Crippen LogP contribution in [0.15, 0.2) is 55.3 Å². The first-order valence-corrected chi connectivity index (χ1v) is 6.06. The SMILES string of the molecule is C=CCCCC(=O)c1ccn(-c2ccccc2)n1. The van der Waals surface area contributed by atoms with Crippen LogP contribution in [0.3, 0.4) is 0 Å². The number of unbranched alkanes of at least 4 members (excludes halogenated alkanes) is 1. The topological polar surface area (TPSA) is 34.9 Å². The zero-order valence-corrected chi connectivity index (χ0v) is 10.2. The number of ketones is 1. The van der Waals surface area contributed by atoms with Gasteiger partial charge in [0, 0.05) is 12.6 Å². The van der Waals surface area contributed by atoms with Gasteiger partial charge in [-0.25, -0.2) is 4.68 Å². The molecule has 0 aliphatic carbocycles. The van der Waals surface area contributed by atoms with Gasteiger partial charge in [-0.2, -0.15) is 5.10 Å². The van der Waals surface area contributed by atoms with Gasteiger partial charge in [0.05, 0.1) is 5.69 Å². The number of nitrogens with zero attached hydrogens (tertiary/aromatic N) is 2. The van der Waals surface area contributed by atoms with Crippen molar-refractivity contribution in [1.82, 2.24) is 9.78 Å².